The largest absolute Gasteiger partial charge is 0.508 e. The summed E-state index contributed by atoms with van der Waals surface area (Å²) in [6.07, 6.45) is -0.00967. The first kappa shape index (κ1) is 19.1. The molecule has 0 aliphatic heterocycles. The van der Waals surface area contributed by atoms with Gasteiger partial charge in [0.25, 0.3) is 0 Å². The lowest BCUT2D eigenvalue weighted by Gasteiger charge is -2.54. The van der Waals surface area contributed by atoms with E-state index < -0.39 is 12.3 Å². The summed E-state index contributed by atoms with van der Waals surface area (Å²) >= 11 is 0. The number of fused-ring (bicyclic) bond motifs is 5. The molecule has 2 fully saturated rings. The maximum atomic E-state index is 15.8. The molecule has 2 aromatic carbocycles. The fourth-order valence-corrected chi connectivity index (χ4v) is 7.02. The minimum atomic E-state index is -0.973. The molecule has 2 N–H and O–H groups in total. The number of benzene rings is 2. The molecular weight excluding hydrogens is 367 g/mol. The Balaban J connectivity index is 1.70. The van der Waals surface area contributed by atoms with Crippen molar-refractivity contribution in [2.45, 2.75) is 56.4 Å². The van der Waals surface area contributed by atoms with E-state index in [0.29, 0.717) is 12.8 Å². The molecule has 0 heterocycles. The number of halogens is 1. The van der Waals surface area contributed by atoms with E-state index in [0.717, 1.165) is 17.5 Å². The number of phenols is 1. The van der Waals surface area contributed by atoms with Crippen molar-refractivity contribution in [1.29, 1.82) is 0 Å². The molecule has 0 radical (unpaired) electrons. The first-order chi connectivity index (χ1) is 13.9. The number of hydrogen-bond acceptors (Lipinski definition) is 3. The molecule has 3 nitrogen and oxygen atoms in total. The maximum Gasteiger partial charge on any atom is 0.115 e. The van der Waals surface area contributed by atoms with Crippen molar-refractivity contribution >= 4 is 0 Å². The smallest absolute Gasteiger partial charge is 0.115 e. The highest BCUT2D eigenvalue weighted by Gasteiger charge is 2.62. The molecule has 0 bridgehead atoms. The molecule has 4 heteroatoms. The Kier molecular flexibility index (Phi) is 4.48. The number of aliphatic hydroxyl groups excluding tert-OH is 1. The van der Waals surface area contributed by atoms with Crippen molar-refractivity contribution in [2.24, 2.45) is 17.3 Å². The highest BCUT2D eigenvalue weighted by molar-refractivity contribution is 5.44. The van der Waals surface area contributed by atoms with E-state index in [1.165, 1.54) is 5.56 Å². The summed E-state index contributed by atoms with van der Waals surface area (Å²) < 4.78 is 21.7. The number of methoxy groups -OCH3 is 1. The van der Waals surface area contributed by atoms with Gasteiger partial charge in [-0.2, -0.15) is 0 Å². The monoisotopic (exact) mass is 396 g/mol. The van der Waals surface area contributed by atoms with E-state index in [2.05, 4.69) is 19.1 Å². The second kappa shape index (κ2) is 6.82. The SMILES string of the molecule is CO[C@H]1[C@H]2[C@H]3[C@@H](c4ccc(O)cc4C[C@H]3c3ccccc3)[C@@H](F)C[C@]2(C)C[C@H]1O. The quantitative estimate of drug-likeness (QED) is 0.781. The molecule has 3 aliphatic rings. The zero-order valence-electron chi connectivity index (χ0n) is 17.0. The van der Waals surface area contributed by atoms with Gasteiger partial charge in [0.1, 0.15) is 11.9 Å². The van der Waals surface area contributed by atoms with Gasteiger partial charge in [0, 0.05) is 13.0 Å². The Bertz CT molecular complexity index is 900. The van der Waals surface area contributed by atoms with Crippen molar-refractivity contribution in [2.75, 3.05) is 7.11 Å². The van der Waals surface area contributed by atoms with Crippen LogP contribution in [-0.2, 0) is 11.2 Å². The van der Waals surface area contributed by atoms with Crippen LogP contribution in [0.25, 0.3) is 0 Å². The highest BCUT2D eigenvalue weighted by atomic mass is 19.1. The second-order valence-corrected chi connectivity index (χ2v) is 9.58. The van der Waals surface area contributed by atoms with Crippen LogP contribution >= 0.6 is 0 Å². The normalized spacial score (nSPS) is 40.8. The molecule has 0 aromatic heterocycles. The lowest BCUT2D eigenvalue weighted by molar-refractivity contribution is -0.0778. The average Bonchev–Trinajstić information content (AvgIpc) is 2.96. The number of aromatic hydroxyl groups is 1. The van der Waals surface area contributed by atoms with Crippen molar-refractivity contribution in [3.05, 3.63) is 65.2 Å². The Labute approximate surface area is 171 Å². The van der Waals surface area contributed by atoms with Crippen LogP contribution in [0.4, 0.5) is 4.39 Å². The molecule has 0 amide bonds. The predicted molar refractivity (Wildman–Crippen MR) is 110 cm³/mol. The van der Waals surface area contributed by atoms with E-state index in [9.17, 15) is 10.2 Å². The van der Waals surface area contributed by atoms with Crippen LogP contribution in [0.2, 0.25) is 0 Å². The number of alkyl halides is 1. The third kappa shape index (κ3) is 2.83. The van der Waals surface area contributed by atoms with Crippen LogP contribution in [0.5, 0.6) is 5.75 Å². The Morgan fingerprint density at radius 1 is 1.10 bits per heavy atom. The molecule has 154 valence electrons. The van der Waals surface area contributed by atoms with Crippen molar-refractivity contribution in [3.63, 3.8) is 0 Å². The van der Waals surface area contributed by atoms with Gasteiger partial charge in [-0.05, 0) is 71.3 Å². The zero-order valence-corrected chi connectivity index (χ0v) is 17.0. The van der Waals surface area contributed by atoms with Gasteiger partial charge >= 0.3 is 0 Å². The van der Waals surface area contributed by atoms with Crippen LogP contribution in [0.1, 0.15) is 48.3 Å². The van der Waals surface area contributed by atoms with Crippen molar-refractivity contribution in [3.8, 4) is 5.75 Å². The van der Waals surface area contributed by atoms with E-state index in [1.807, 2.05) is 24.3 Å². The minimum Gasteiger partial charge on any atom is -0.508 e. The zero-order chi connectivity index (χ0) is 20.3. The number of ether oxygens (including phenoxy) is 1. The lowest BCUT2D eigenvalue weighted by Crippen LogP contribution is -2.51. The highest BCUT2D eigenvalue weighted by Crippen LogP contribution is 2.64. The first-order valence-electron chi connectivity index (χ1n) is 10.6. The van der Waals surface area contributed by atoms with E-state index >= 15 is 4.39 Å². The Morgan fingerprint density at radius 3 is 2.59 bits per heavy atom. The van der Waals surface area contributed by atoms with Gasteiger partial charge in [0.05, 0.1) is 12.2 Å². The average molecular weight is 397 g/mol. The fourth-order valence-electron chi connectivity index (χ4n) is 7.02. The maximum absolute atomic E-state index is 15.8. The number of phenolic OH excluding ortho intramolecular Hbond substituents is 1. The topological polar surface area (TPSA) is 49.7 Å². The van der Waals surface area contributed by atoms with Gasteiger partial charge in [-0.1, -0.05) is 43.3 Å². The van der Waals surface area contributed by atoms with Crippen LogP contribution < -0.4 is 0 Å². The van der Waals surface area contributed by atoms with Crippen molar-refractivity contribution in [1.82, 2.24) is 0 Å². The Morgan fingerprint density at radius 2 is 1.86 bits per heavy atom. The summed E-state index contributed by atoms with van der Waals surface area (Å²) in [7, 11) is 1.67. The molecule has 2 aromatic rings. The molecule has 29 heavy (non-hydrogen) atoms. The van der Waals surface area contributed by atoms with Gasteiger partial charge in [-0.15, -0.1) is 0 Å². The van der Waals surface area contributed by atoms with E-state index in [4.69, 9.17) is 4.74 Å². The molecule has 2 saturated carbocycles. The van der Waals surface area contributed by atoms with E-state index in [-0.39, 0.29) is 40.9 Å². The summed E-state index contributed by atoms with van der Waals surface area (Å²) in [5, 5.41) is 20.8. The second-order valence-electron chi connectivity index (χ2n) is 9.58. The first-order valence-corrected chi connectivity index (χ1v) is 10.6. The predicted octanol–water partition coefficient (Wildman–Crippen LogP) is 4.58. The third-order valence-corrected chi connectivity index (χ3v) is 7.98. The molecule has 0 saturated heterocycles. The number of hydrogen-bond donors (Lipinski definition) is 2. The molecule has 0 spiro atoms. The van der Waals surface area contributed by atoms with Crippen LogP contribution in [0, 0.1) is 17.3 Å². The summed E-state index contributed by atoms with van der Waals surface area (Å²) in [6, 6.07) is 15.7. The van der Waals surface area contributed by atoms with Gasteiger partial charge in [-0.3, -0.25) is 0 Å². The van der Waals surface area contributed by atoms with Crippen molar-refractivity contribution < 1.29 is 19.3 Å². The van der Waals surface area contributed by atoms with E-state index in [1.54, 1.807) is 19.2 Å². The van der Waals surface area contributed by atoms with Gasteiger partial charge in [0.15, 0.2) is 0 Å². The van der Waals surface area contributed by atoms with Crippen LogP contribution in [-0.4, -0.2) is 35.7 Å². The van der Waals surface area contributed by atoms with Crippen LogP contribution in [0.3, 0.4) is 0 Å². The molecule has 3 aliphatic carbocycles. The number of aliphatic hydroxyl groups is 1. The fraction of sp³-hybridized carbons (Fsp3) is 0.520. The standard InChI is InChI=1S/C25H29FO3/c1-25-12-19(26)21-17-9-8-16(27)10-15(17)11-18(14-6-4-3-5-7-14)22(21)23(25)24(29-2)20(28)13-25/h3-10,18-24,27-28H,11-13H2,1-2H3/t18-,19-,20+,21-,22+,23+,24+,25+/m0/s1. The van der Waals surface area contributed by atoms with Gasteiger partial charge in [-0.25, -0.2) is 4.39 Å². The summed E-state index contributed by atoms with van der Waals surface area (Å²) in [5.41, 5.74) is 2.98. The lowest BCUT2D eigenvalue weighted by atomic mass is 9.51. The van der Waals surface area contributed by atoms with Gasteiger partial charge < -0.3 is 14.9 Å². The third-order valence-electron chi connectivity index (χ3n) is 7.98. The number of rotatable bonds is 2. The summed E-state index contributed by atoms with van der Waals surface area (Å²) in [6.45, 7) is 2.14. The molecular formula is C25H29FO3. The van der Waals surface area contributed by atoms with Crippen LogP contribution in [0.15, 0.2) is 48.5 Å². The molecule has 5 rings (SSSR count). The minimum absolute atomic E-state index is 0.0466. The molecule has 8 atom stereocenters. The Hall–Kier alpha value is -1.91. The van der Waals surface area contributed by atoms with Gasteiger partial charge in [0.2, 0.25) is 0 Å². The summed E-state index contributed by atoms with van der Waals surface area (Å²) in [4.78, 5) is 0. The molecule has 0 unspecified atom stereocenters. The summed E-state index contributed by atoms with van der Waals surface area (Å²) in [5.74, 6) is 0.250.